The molecule has 17 heavy (non-hydrogen) atoms. The van der Waals surface area contributed by atoms with Crippen LogP contribution in [0.4, 0.5) is 0 Å². The minimum Gasteiger partial charge on any atom is -0.465 e. The van der Waals surface area contributed by atoms with Crippen LogP contribution < -0.4 is 0 Å². The third-order valence-corrected chi connectivity index (χ3v) is 5.93. The van der Waals surface area contributed by atoms with E-state index in [4.69, 9.17) is 4.74 Å². The quantitative estimate of drug-likeness (QED) is 0.702. The molecule has 0 heterocycles. The highest BCUT2D eigenvalue weighted by molar-refractivity contribution is 5.71. The van der Waals surface area contributed by atoms with Crippen molar-refractivity contribution in [2.24, 2.45) is 28.6 Å². The van der Waals surface area contributed by atoms with Crippen LogP contribution in [-0.4, -0.2) is 12.6 Å². The highest BCUT2D eigenvalue weighted by Gasteiger charge is 2.62. The minimum absolute atomic E-state index is 0.0112. The van der Waals surface area contributed by atoms with Crippen LogP contribution in [0.1, 0.15) is 53.9 Å². The first kappa shape index (κ1) is 12.9. The van der Waals surface area contributed by atoms with Crippen LogP contribution in [0, 0.1) is 28.6 Å². The molecule has 2 nitrogen and oxygen atoms in total. The van der Waals surface area contributed by atoms with Gasteiger partial charge in [-0.2, -0.15) is 0 Å². The number of hydrogen-bond donors (Lipinski definition) is 0. The van der Waals surface area contributed by atoms with Crippen LogP contribution in [0.3, 0.4) is 0 Å². The number of fused-ring (bicyclic) bond motifs is 2. The predicted octanol–water partition coefficient (Wildman–Crippen LogP) is 3.65. The lowest BCUT2D eigenvalue weighted by molar-refractivity contribution is -0.153. The Bertz CT molecular complexity index is 323. The third kappa shape index (κ3) is 1.71. The third-order valence-electron chi connectivity index (χ3n) is 5.93. The monoisotopic (exact) mass is 238 g/mol. The van der Waals surface area contributed by atoms with Gasteiger partial charge in [0.05, 0.1) is 12.5 Å². The van der Waals surface area contributed by atoms with E-state index in [1.807, 2.05) is 13.8 Å². The molecule has 0 radical (unpaired) electrons. The molecule has 2 fully saturated rings. The van der Waals surface area contributed by atoms with Crippen molar-refractivity contribution in [1.82, 2.24) is 0 Å². The summed E-state index contributed by atoms with van der Waals surface area (Å²) in [5.74, 6) is 1.46. The van der Waals surface area contributed by atoms with Gasteiger partial charge in [-0.1, -0.05) is 34.6 Å². The number of rotatable bonds is 3. The molecule has 0 N–H and O–H groups in total. The zero-order valence-electron chi connectivity index (χ0n) is 11.9. The molecule has 2 heteroatoms. The summed E-state index contributed by atoms with van der Waals surface area (Å²) in [7, 11) is 0. The van der Waals surface area contributed by atoms with Crippen molar-refractivity contribution in [2.45, 2.75) is 53.9 Å². The minimum atomic E-state index is -0.0474. The first-order valence-electron chi connectivity index (χ1n) is 6.98. The molecule has 2 saturated carbocycles. The second-order valence-corrected chi connectivity index (χ2v) is 6.97. The molecule has 0 aromatic rings. The van der Waals surface area contributed by atoms with Gasteiger partial charge in [-0.3, -0.25) is 4.79 Å². The van der Waals surface area contributed by atoms with E-state index in [9.17, 15) is 4.79 Å². The maximum Gasteiger partial charge on any atom is 0.308 e. The van der Waals surface area contributed by atoms with Crippen molar-refractivity contribution in [3.63, 3.8) is 0 Å². The Morgan fingerprint density at radius 2 is 2.06 bits per heavy atom. The number of esters is 1. The molecular weight excluding hydrogens is 212 g/mol. The zero-order valence-corrected chi connectivity index (χ0v) is 11.9. The fourth-order valence-corrected chi connectivity index (χ4v) is 4.09. The molecule has 2 rings (SSSR count). The molecule has 0 spiro atoms. The number of hydrogen-bond acceptors (Lipinski definition) is 2. The van der Waals surface area contributed by atoms with Crippen LogP contribution >= 0.6 is 0 Å². The molecule has 0 amide bonds. The molecule has 0 aromatic carbocycles. The summed E-state index contributed by atoms with van der Waals surface area (Å²) in [5, 5.41) is 0. The van der Waals surface area contributed by atoms with E-state index in [-0.39, 0.29) is 17.3 Å². The van der Waals surface area contributed by atoms with Gasteiger partial charge in [-0.15, -0.1) is 0 Å². The Kier molecular flexibility index (Phi) is 3.04. The topological polar surface area (TPSA) is 26.3 Å². The maximum atomic E-state index is 11.6. The Balaban J connectivity index is 2.08. The van der Waals surface area contributed by atoms with Crippen molar-refractivity contribution in [3.8, 4) is 0 Å². The highest BCUT2D eigenvalue weighted by Crippen LogP contribution is 2.68. The second-order valence-electron chi connectivity index (χ2n) is 6.97. The average Bonchev–Trinajstić information content (AvgIpc) is 2.61. The van der Waals surface area contributed by atoms with Crippen molar-refractivity contribution in [3.05, 3.63) is 0 Å². The smallest absolute Gasteiger partial charge is 0.308 e. The second kappa shape index (κ2) is 4.00. The van der Waals surface area contributed by atoms with Crippen LogP contribution in [-0.2, 0) is 9.53 Å². The van der Waals surface area contributed by atoms with Crippen LogP contribution in [0.25, 0.3) is 0 Å². The molecule has 0 aliphatic heterocycles. The summed E-state index contributed by atoms with van der Waals surface area (Å²) < 4.78 is 5.55. The standard InChI is InChI=1S/C15H26O2/c1-10(2)13(16)17-9-15(5)12-6-7-14(15,4)11(3)8-12/h10-12H,6-9H2,1-5H3/t11-,12+,14+,15?/m1/s1. The molecule has 0 aromatic heterocycles. The molecule has 2 aliphatic carbocycles. The largest absolute Gasteiger partial charge is 0.465 e. The van der Waals surface area contributed by atoms with Gasteiger partial charge in [-0.05, 0) is 36.5 Å². The molecule has 0 saturated heterocycles. The summed E-state index contributed by atoms with van der Waals surface area (Å²) in [5.41, 5.74) is 0.575. The number of carbonyl (C=O) groups excluding carboxylic acids is 1. The number of carbonyl (C=O) groups is 1. The van der Waals surface area contributed by atoms with Crippen molar-refractivity contribution < 1.29 is 9.53 Å². The summed E-state index contributed by atoms with van der Waals surface area (Å²) >= 11 is 0. The Labute approximate surface area is 105 Å². The Morgan fingerprint density at radius 3 is 2.47 bits per heavy atom. The van der Waals surface area contributed by atoms with Crippen LogP contribution in [0.5, 0.6) is 0 Å². The summed E-state index contributed by atoms with van der Waals surface area (Å²) in [6, 6.07) is 0. The van der Waals surface area contributed by atoms with Gasteiger partial charge in [0.25, 0.3) is 0 Å². The summed E-state index contributed by atoms with van der Waals surface area (Å²) in [4.78, 5) is 11.6. The Hall–Kier alpha value is -0.530. The SMILES string of the molecule is CC(C)C(=O)OCC1(C)[C@H]2CC[C@@]1(C)[C@H](C)C2. The van der Waals surface area contributed by atoms with Gasteiger partial charge in [0.1, 0.15) is 0 Å². The molecule has 98 valence electrons. The van der Waals surface area contributed by atoms with Gasteiger partial charge in [0, 0.05) is 5.41 Å². The molecular formula is C15H26O2. The van der Waals surface area contributed by atoms with Crippen LogP contribution in [0.2, 0.25) is 0 Å². The normalized spacial score (nSPS) is 44.4. The summed E-state index contributed by atoms with van der Waals surface area (Å²) in [6.07, 6.45) is 3.93. The van der Waals surface area contributed by atoms with Crippen LogP contribution in [0.15, 0.2) is 0 Å². The van der Waals surface area contributed by atoms with E-state index in [0.717, 1.165) is 11.8 Å². The number of ether oxygens (including phenoxy) is 1. The zero-order chi connectivity index (χ0) is 12.8. The lowest BCUT2D eigenvalue weighted by Gasteiger charge is -2.40. The van der Waals surface area contributed by atoms with Gasteiger partial charge in [0.15, 0.2) is 0 Å². The van der Waals surface area contributed by atoms with Crippen molar-refractivity contribution >= 4 is 5.97 Å². The van der Waals surface area contributed by atoms with E-state index in [2.05, 4.69) is 20.8 Å². The Morgan fingerprint density at radius 1 is 1.41 bits per heavy atom. The average molecular weight is 238 g/mol. The predicted molar refractivity (Wildman–Crippen MR) is 68.5 cm³/mol. The van der Waals surface area contributed by atoms with E-state index >= 15 is 0 Å². The highest BCUT2D eigenvalue weighted by atomic mass is 16.5. The van der Waals surface area contributed by atoms with E-state index in [1.165, 1.54) is 19.3 Å². The van der Waals surface area contributed by atoms with Crippen molar-refractivity contribution in [2.75, 3.05) is 6.61 Å². The first-order chi connectivity index (χ1) is 7.81. The molecule has 2 aliphatic rings. The van der Waals surface area contributed by atoms with E-state index in [1.54, 1.807) is 0 Å². The lowest BCUT2D eigenvalue weighted by Crippen LogP contribution is -2.38. The fraction of sp³-hybridized carbons (Fsp3) is 0.933. The van der Waals surface area contributed by atoms with Crippen molar-refractivity contribution in [1.29, 1.82) is 0 Å². The van der Waals surface area contributed by atoms with Gasteiger partial charge < -0.3 is 4.74 Å². The summed E-state index contributed by atoms with van der Waals surface area (Å²) in [6.45, 7) is 11.5. The first-order valence-corrected chi connectivity index (χ1v) is 6.98. The van der Waals surface area contributed by atoms with Gasteiger partial charge >= 0.3 is 5.97 Å². The molecule has 4 atom stereocenters. The molecule has 2 bridgehead atoms. The van der Waals surface area contributed by atoms with E-state index in [0.29, 0.717) is 12.0 Å². The van der Waals surface area contributed by atoms with Gasteiger partial charge in [0.2, 0.25) is 0 Å². The molecule has 1 unspecified atom stereocenters. The van der Waals surface area contributed by atoms with E-state index < -0.39 is 0 Å². The van der Waals surface area contributed by atoms with Gasteiger partial charge in [-0.25, -0.2) is 0 Å². The lowest BCUT2D eigenvalue weighted by atomic mass is 9.66. The maximum absolute atomic E-state index is 11.6. The fourth-order valence-electron chi connectivity index (χ4n) is 4.09.